The number of hydrogen-bond acceptors (Lipinski definition) is 3. The van der Waals surface area contributed by atoms with Crippen molar-refractivity contribution in [1.82, 2.24) is 19.9 Å². The maximum absolute atomic E-state index is 4.25. The molecule has 2 heterocycles. The van der Waals surface area contributed by atoms with Crippen LogP contribution in [0.5, 0.6) is 0 Å². The van der Waals surface area contributed by atoms with E-state index in [9.17, 15) is 0 Å². The number of fused-ring (bicyclic) bond motifs is 1. The van der Waals surface area contributed by atoms with Crippen LogP contribution >= 0.6 is 0 Å². The molecule has 0 saturated heterocycles. The van der Waals surface area contributed by atoms with Crippen molar-refractivity contribution in [3.8, 4) is 0 Å². The van der Waals surface area contributed by atoms with Gasteiger partial charge in [0.2, 0.25) is 0 Å². The molecular formula is C11H16N4. The first-order valence-electron chi connectivity index (χ1n) is 5.24. The van der Waals surface area contributed by atoms with Crippen LogP contribution < -0.4 is 5.32 Å². The van der Waals surface area contributed by atoms with E-state index in [2.05, 4.69) is 29.2 Å². The van der Waals surface area contributed by atoms with Crippen LogP contribution in [0.25, 0.3) is 5.52 Å². The maximum Gasteiger partial charge on any atom is 0.0889 e. The molecule has 0 atom stereocenters. The van der Waals surface area contributed by atoms with Crippen molar-refractivity contribution in [2.75, 3.05) is 6.54 Å². The van der Waals surface area contributed by atoms with E-state index in [1.165, 1.54) is 5.56 Å². The molecule has 0 radical (unpaired) electrons. The Bertz CT molecular complexity index is 433. The topological polar surface area (TPSA) is 42.2 Å². The molecule has 0 spiro atoms. The van der Waals surface area contributed by atoms with Crippen molar-refractivity contribution in [2.45, 2.75) is 20.4 Å². The van der Waals surface area contributed by atoms with Gasteiger partial charge in [0.25, 0.3) is 0 Å². The summed E-state index contributed by atoms with van der Waals surface area (Å²) in [5.74, 6) is 0.671. The van der Waals surface area contributed by atoms with Crippen LogP contribution in [0.15, 0.2) is 24.8 Å². The van der Waals surface area contributed by atoms with Gasteiger partial charge in [0, 0.05) is 24.5 Å². The van der Waals surface area contributed by atoms with Crippen LogP contribution in [0.2, 0.25) is 0 Å². The second kappa shape index (κ2) is 4.40. The number of hydrogen-bond donors (Lipinski definition) is 1. The van der Waals surface area contributed by atoms with Crippen molar-refractivity contribution in [3.05, 3.63) is 30.4 Å². The van der Waals surface area contributed by atoms with Crippen LogP contribution in [-0.2, 0) is 6.54 Å². The zero-order valence-electron chi connectivity index (χ0n) is 9.14. The summed E-state index contributed by atoms with van der Waals surface area (Å²) >= 11 is 0. The summed E-state index contributed by atoms with van der Waals surface area (Å²) in [6.07, 6.45) is 7.34. The quantitative estimate of drug-likeness (QED) is 0.820. The van der Waals surface area contributed by atoms with Gasteiger partial charge in [-0.05, 0) is 12.5 Å². The van der Waals surface area contributed by atoms with E-state index in [0.29, 0.717) is 5.92 Å². The number of nitrogens with zero attached hydrogens (tertiary/aromatic N) is 3. The first kappa shape index (κ1) is 10.1. The summed E-state index contributed by atoms with van der Waals surface area (Å²) < 4.78 is 1.85. The minimum atomic E-state index is 0.671. The highest BCUT2D eigenvalue weighted by Crippen LogP contribution is 2.07. The molecule has 2 aromatic heterocycles. The van der Waals surface area contributed by atoms with Crippen molar-refractivity contribution in [2.24, 2.45) is 5.92 Å². The molecule has 0 saturated carbocycles. The van der Waals surface area contributed by atoms with Gasteiger partial charge in [-0.25, -0.2) is 4.52 Å². The molecule has 0 bridgehead atoms. The lowest BCUT2D eigenvalue weighted by Gasteiger charge is -2.05. The molecule has 0 fully saturated rings. The van der Waals surface area contributed by atoms with E-state index >= 15 is 0 Å². The fourth-order valence-electron chi connectivity index (χ4n) is 1.52. The third-order valence-electron chi connectivity index (χ3n) is 2.27. The van der Waals surface area contributed by atoms with Crippen LogP contribution in [0.3, 0.4) is 0 Å². The average molecular weight is 204 g/mol. The first-order valence-corrected chi connectivity index (χ1v) is 5.24. The molecule has 0 amide bonds. The Hall–Kier alpha value is -1.42. The normalized spacial score (nSPS) is 11.4. The second-order valence-electron chi connectivity index (χ2n) is 4.10. The summed E-state index contributed by atoms with van der Waals surface area (Å²) in [5, 5.41) is 7.65. The van der Waals surface area contributed by atoms with Crippen molar-refractivity contribution < 1.29 is 0 Å². The van der Waals surface area contributed by atoms with Crippen molar-refractivity contribution >= 4 is 5.52 Å². The highest BCUT2D eigenvalue weighted by molar-refractivity contribution is 5.51. The Kier molecular flexibility index (Phi) is 2.97. The van der Waals surface area contributed by atoms with Crippen molar-refractivity contribution in [3.63, 3.8) is 0 Å². The molecule has 0 aliphatic carbocycles. The minimum absolute atomic E-state index is 0.671. The predicted octanol–water partition coefficient (Wildman–Crippen LogP) is 1.47. The highest BCUT2D eigenvalue weighted by Gasteiger charge is 2.02. The van der Waals surface area contributed by atoms with E-state index in [4.69, 9.17) is 0 Å². The van der Waals surface area contributed by atoms with Gasteiger partial charge in [0.1, 0.15) is 0 Å². The van der Waals surface area contributed by atoms with Gasteiger partial charge in [-0.15, -0.1) is 0 Å². The molecule has 0 aliphatic rings. The van der Waals surface area contributed by atoms with Gasteiger partial charge >= 0.3 is 0 Å². The summed E-state index contributed by atoms with van der Waals surface area (Å²) in [6.45, 7) is 6.28. The summed E-state index contributed by atoms with van der Waals surface area (Å²) in [7, 11) is 0. The summed E-state index contributed by atoms with van der Waals surface area (Å²) in [4.78, 5) is 4.10. The number of rotatable bonds is 4. The highest BCUT2D eigenvalue weighted by atomic mass is 15.2. The first-order chi connectivity index (χ1) is 7.27. The third kappa shape index (κ3) is 2.33. The van der Waals surface area contributed by atoms with Gasteiger partial charge in [0.05, 0.1) is 17.9 Å². The van der Waals surface area contributed by atoms with Gasteiger partial charge in [-0.2, -0.15) is 5.10 Å². The molecule has 15 heavy (non-hydrogen) atoms. The molecule has 4 nitrogen and oxygen atoms in total. The molecule has 1 N–H and O–H groups in total. The Morgan fingerprint density at radius 1 is 1.40 bits per heavy atom. The van der Waals surface area contributed by atoms with E-state index in [-0.39, 0.29) is 0 Å². The van der Waals surface area contributed by atoms with Gasteiger partial charge in [-0.1, -0.05) is 13.8 Å². The van der Waals surface area contributed by atoms with E-state index < -0.39 is 0 Å². The second-order valence-corrected chi connectivity index (χ2v) is 4.10. The lowest BCUT2D eigenvalue weighted by atomic mass is 10.2. The molecule has 0 aliphatic heterocycles. The Balaban J connectivity index is 2.08. The van der Waals surface area contributed by atoms with E-state index in [1.54, 1.807) is 6.20 Å². The monoisotopic (exact) mass is 204 g/mol. The summed E-state index contributed by atoms with van der Waals surface area (Å²) in [5.41, 5.74) is 2.28. The maximum atomic E-state index is 4.25. The average Bonchev–Trinajstić information content (AvgIpc) is 2.62. The predicted molar refractivity (Wildman–Crippen MR) is 59.5 cm³/mol. The van der Waals surface area contributed by atoms with Gasteiger partial charge < -0.3 is 5.32 Å². The molecule has 4 heteroatoms. The fourth-order valence-corrected chi connectivity index (χ4v) is 1.52. The number of nitrogens with one attached hydrogen (secondary N) is 1. The van der Waals surface area contributed by atoms with Crippen LogP contribution in [0.4, 0.5) is 0 Å². The smallest absolute Gasteiger partial charge is 0.0889 e. The van der Waals surface area contributed by atoms with Gasteiger partial charge in [-0.3, -0.25) is 4.98 Å². The van der Waals surface area contributed by atoms with E-state index in [0.717, 1.165) is 18.6 Å². The number of aromatic nitrogens is 3. The largest absolute Gasteiger partial charge is 0.312 e. The Morgan fingerprint density at radius 2 is 2.27 bits per heavy atom. The molecular weight excluding hydrogens is 188 g/mol. The standard InChI is InChI=1S/C11H16N4/c1-9(2)5-13-6-10-7-14-15-4-3-12-8-11(10)15/h3-4,7-9,13H,5-6H2,1-2H3. The molecule has 2 aromatic rings. The molecule has 0 unspecified atom stereocenters. The molecule has 2 rings (SSSR count). The van der Waals surface area contributed by atoms with Crippen LogP contribution in [0.1, 0.15) is 19.4 Å². The Morgan fingerprint density at radius 3 is 3.07 bits per heavy atom. The lowest BCUT2D eigenvalue weighted by molar-refractivity contribution is 0.553. The molecule has 0 aromatic carbocycles. The van der Waals surface area contributed by atoms with Gasteiger partial charge in [0.15, 0.2) is 0 Å². The molecule has 80 valence electrons. The zero-order valence-corrected chi connectivity index (χ0v) is 9.14. The van der Waals surface area contributed by atoms with E-state index in [1.807, 2.05) is 23.1 Å². The third-order valence-corrected chi connectivity index (χ3v) is 2.27. The fraction of sp³-hybridized carbons (Fsp3) is 0.455. The minimum Gasteiger partial charge on any atom is -0.312 e. The summed E-state index contributed by atoms with van der Waals surface area (Å²) in [6, 6.07) is 0. The Labute approximate surface area is 89.3 Å². The zero-order chi connectivity index (χ0) is 10.7. The van der Waals surface area contributed by atoms with Crippen LogP contribution in [-0.4, -0.2) is 21.1 Å². The SMILES string of the molecule is CC(C)CNCc1cnn2ccncc12. The van der Waals surface area contributed by atoms with Crippen LogP contribution in [0, 0.1) is 5.92 Å². The van der Waals surface area contributed by atoms with Crippen molar-refractivity contribution in [1.29, 1.82) is 0 Å². The lowest BCUT2D eigenvalue weighted by Crippen LogP contribution is -2.18.